The summed E-state index contributed by atoms with van der Waals surface area (Å²) in [7, 11) is 1.72. The van der Waals surface area contributed by atoms with E-state index in [1.54, 1.807) is 7.11 Å². The highest BCUT2D eigenvalue weighted by molar-refractivity contribution is 5.22. The lowest BCUT2D eigenvalue weighted by atomic mass is 10.1. The molecule has 0 saturated heterocycles. The van der Waals surface area contributed by atoms with Gasteiger partial charge in [0.15, 0.2) is 0 Å². The van der Waals surface area contributed by atoms with Gasteiger partial charge in [-0.3, -0.25) is 4.84 Å². The Morgan fingerprint density at radius 2 is 1.79 bits per heavy atom. The molecule has 0 aliphatic rings. The van der Waals surface area contributed by atoms with E-state index in [2.05, 4.69) is 23.9 Å². The molecule has 0 bridgehead atoms. The zero-order valence-corrected chi connectivity index (χ0v) is 8.69. The molecule has 0 radical (unpaired) electrons. The molecule has 1 atom stereocenters. The van der Waals surface area contributed by atoms with E-state index >= 15 is 0 Å². The molecule has 0 aliphatic heterocycles. The van der Waals surface area contributed by atoms with Gasteiger partial charge in [0, 0.05) is 7.11 Å². The van der Waals surface area contributed by atoms with Gasteiger partial charge in [0.25, 0.3) is 0 Å². The van der Waals surface area contributed by atoms with Crippen molar-refractivity contribution in [3.63, 3.8) is 0 Å². The number of hydrogen-bond acceptors (Lipinski definition) is 3. The summed E-state index contributed by atoms with van der Waals surface area (Å²) in [5.74, 6) is 4.98. The minimum Gasteiger partial charge on any atom is -0.381 e. The standard InChI is InChI=1S/C11H17NO2/c1-9(13-2)7-10-3-5-11(6-4-10)8-14-12/h3-6,9H,7-8,12H2,1-2H3. The highest BCUT2D eigenvalue weighted by Gasteiger charge is 2.01. The fourth-order valence-corrected chi connectivity index (χ4v) is 1.28. The normalized spacial score (nSPS) is 12.8. The Balaban J connectivity index is 2.54. The third kappa shape index (κ3) is 3.46. The summed E-state index contributed by atoms with van der Waals surface area (Å²) in [4.78, 5) is 4.55. The van der Waals surface area contributed by atoms with Crippen molar-refractivity contribution in [3.8, 4) is 0 Å². The van der Waals surface area contributed by atoms with E-state index in [1.165, 1.54) is 5.56 Å². The van der Waals surface area contributed by atoms with Gasteiger partial charge in [-0.1, -0.05) is 24.3 Å². The van der Waals surface area contributed by atoms with Crippen LogP contribution in [0, 0.1) is 0 Å². The van der Waals surface area contributed by atoms with Crippen LogP contribution in [0.4, 0.5) is 0 Å². The molecule has 0 aliphatic carbocycles. The van der Waals surface area contributed by atoms with Crippen LogP contribution in [-0.4, -0.2) is 13.2 Å². The first-order valence-electron chi connectivity index (χ1n) is 4.68. The van der Waals surface area contributed by atoms with E-state index < -0.39 is 0 Å². The van der Waals surface area contributed by atoms with E-state index in [0.717, 1.165) is 12.0 Å². The molecule has 1 aromatic carbocycles. The van der Waals surface area contributed by atoms with Crippen LogP contribution in [0.2, 0.25) is 0 Å². The van der Waals surface area contributed by atoms with Gasteiger partial charge >= 0.3 is 0 Å². The van der Waals surface area contributed by atoms with Crippen LogP contribution in [0.1, 0.15) is 18.1 Å². The molecule has 78 valence electrons. The molecule has 0 amide bonds. The fourth-order valence-electron chi connectivity index (χ4n) is 1.28. The molecule has 1 aromatic rings. The number of rotatable bonds is 5. The first kappa shape index (κ1) is 11.2. The predicted octanol–water partition coefficient (Wildman–Crippen LogP) is 1.65. The van der Waals surface area contributed by atoms with Gasteiger partial charge in [0.2, 0.25) is 0 Å². The van der Waals surface area contributed by atoms with E-state index in [4.69, 9.17) is 10.6 Å². The summed E-state index contributed by atoms with van der Waals surface area (Å²) in [6, 6.07) is 8.18. The summed E-state index contributed by atoms with van der Waals surface area (Å²) < 4.78 is 5.19. The molecule has 0 aromatic heterocycles. The second-order valence-corrected chi connectivity index (χ2v) is 3.38. The van der Waals surface area contributed by atoms with Crippen molar-refractivity contribution < 1.29 is 9.57 Å². The Hall–Kier alpha value is -0.900. The molecule has 0 saturated carbocycles. The van der Waals surface area contributed by atoms with Crippen molar-refractivity contribution in [2.45, 2.75) is 26.1 Å². The summed E-state index contributed by atoms with van der Waals surface area (Å²) >= 11 is 0. The molecule has 1 rings (SSSR count). The average Bonchev–Trinajstić information content (AvgIpc) is 2.21. The Kier molecular flexibility index (Phi) is 4.59. The van der Waals surface area contributed by atoms with E-state index in [0.29, 0.717) is 6.61 Å². The number of methoxy groups -OCH3 is 1. The van der Waals surface area contributed by atoms with Gasteiger partial charge in [-0.2, -0.15) is 0 Å². The van der Waals surface area contributed by atoms with Gasteiger partial charge in [-0.15, -0.1) is 0 Å². The molecular formula is C11H17NO2. The number of benzene rings is 1. The van der Waals surface area contributed by atoms with E-state index in [1.807, 2.05) is 12.1 Å². The topological polar surface area (TPSA) is 44.5 Å². The maximum atomic E-state index is 5.19. The minimum atomic E-state index is 0.256. The Morgan fingerprint density at radius 1 is 1.21 bits per heavy atom. The Morgan fingerprint density at radius 3 is 2.29 bits per heavy atom. The van der Waals surface area contributed by atoms with E-state index in [-0.39, 0.29) is 6.10 Å². The Bertz CT molecular complexity index is 258. The lowest BCUT2D eigenvalue weighted by Gasteiger charge is -2.09. The highest BCUT2D eigenvalue weighted by atomic mass is 16.6. The van der Waals surface area contributed by atoms with Crippen molar-refractivity contribution in [1.82, 2.24) is 0 Å². The lowest BCUT2D eigenvalue weighted by Crippen LogP contribution is -2.08. The van der Waals surface area contributed by atoms with Gasteiger partial charge in [-0.05, 0) is 24.5 Å². The average molecular weight is 195 g/mol. The quantitative estimate of drug-likeness (QED) is 0.727. The third-order valence-electron chi connectivity index (χ3n) is 2.20. The van der Waals surface area contributed by atoms with Crippen LogP contribution in [-0.2, 0) is 22.6 Å². The predicted molar refractivity (Wildman–Crippen MR) is 55.6 cm³/mol. The van der Waals surface area contributed by atoms with Crippen LogP contribution in [0.15, 0.2) is 24.3 Å². The second kappa shape index (κ2) is 5.75. The number of ether oxygens (including phenoxy) is 1. The van der Waals surface area contributed by atoms with Crippen molar-refractivity contribution >= 4 is 0 Å². The van der Waals surface area contributed by atoms with E-state index in [9.17, 15) is 0 Å². The maximum absolute atomic E-state index is 5.19. The summed E-state index contributed by atoms with van der Waals surface area (Å²) in [5, 5.41) is 0. The molecule has 14 heavy (non-hydrogen) atoms. The SMILES string of the molecule is COC(C)Cc1ccc(CON)cc1. The molecule has 0 fully saturated rings. The van der Waals surface area contributed by atoms with Crippen molar-refractivity contribution in [2.24, 2.45) is 5.90 Å². The van der Waals surface area contributed by atoms with Gasteiger partial charge in [-0.25, -0.2) is 5.90 Å². The first-order valence-corrected chi connectivity index (χ1v) is 4.68. The highest BCUT2D eigenvalue weighted by Crippen LogP contribution is 2.08. The summed E-state index contributed by atoms with van der Waals surface area (Å²) in [6.07, 6.45) is 1.19. The monoisotopic (exact) mass is 195 g/mol. The maximum Gasteiger partial charge on any atom is 0.0930 e. The first-order chi connectivity index (χ1) is 6.76. The van der Waals surface area contributed by atoms with Gasteiger partial charge in [0.1, 0.15) is 0 Å². The van der Waals surface area contributed by atoms with Crippen LogP contribution < -0.4 is 5.90 Å². The zero-order chi connectivity index (χ0) is 10.4. The fraction of sp³-hybridized carbons (Fsp3) is 0.455. The molecule has 0 heterocycles. The molecule has 3 heteroatoms. The van der Waals surface area contributed by atoms with Crippen LogP contribution >= 0.6 is 0 Å². The van der Waals surface area contributed by atoms with Gasteiger partial charge < -0.3 is 4.74 Å². The van der Waals surface area contributed by atoms with Crippen molar-refractivity contribution in [2.75, 3.05) is 7.11 Å². The number of hydrogen-bond donors (Lipinski definition) is 1. The van der Waals surface area contributed by atoms with Crippen molar-refractivity contribution in [1.29, 1.82) is 0 Å². The second-order valence-electron chi connectivity index (χ2n) is 3.38. The van der Waals surface area contributed by atoms with Crippen molar-refractivity contribution in [3.05, 3.63) is 35.4 Å². The smallest absolute Gasteiger partial charge is 0.0930 e. The Labute approximate surface area is 84.8 Å². The molecule has 3 nitrogen and oxygen atoms in total. The summed E-state index contributed by atoms with van der Waals surface area (Å²) in [6.45, 7) is 2.51. The van der Waals surface area contributed by atoms with Gasteiger partial charge in [0.05, 0.1) is 12.7 Å². The lowest BCUT2D eigenvalue weighted by molar-refractivity contribution is 0.118. The largest absolute Gasteiger partial charge is 0.381 e. The number of nitrogens with two attached hydrogens (primary N) is 1. The van der Waals surface area contributed by atoms with Crippen LogP contribution in [0.5, 0.6) is 0 Å². The molecular weight excluding hydrogens is 178 g/mol. The van der Waals surface area contributed by atoms with Crippen LogP contribution in [0.25, 0.3) is 0 Å². The molecule has 1 unspecified atom stereocenters. The zero-order valence-electron chi connectivity index (χ0n) is 8.69. The summed E-state index contributed by atoms with van der Waals surface area (Å²) in [5.41, 5.74) is 2.35. The third-order valence-corrected chi connectivity index (χ3v) is 2.20. The molecule has 0 spiro atoms. The van der Waals surface area contributed by atoms with Crippen LogP contribution in [0.3, 0.4) is 0 Å². The molecule has 2 N–H and O–H groups in total. The minimum absolute atomic E-state index is 0.256.